The lowest BCUT2D eigenvalue weighted by atomic mass is 10.1. The van der Waals surface area contributed by atoms with Crippen LogP contribution < -0.4 is 4.90 Å². The Bertz CT molecular complexity index is 907. The van der Waals surface area contributed by atoms with Crippen molar-refractivity contribution in [3.63, 3.8) is 0 Å². The number of aromatic nitrogens is 2. The number of rotatable bonds is 6. The number of fused-ring (bicyclic) bond motifs is 1. The fourth-order valence-electron chi connectivity index (χ4n) is 3.60. The van der Waals surface area contributed by atoms with Crippen LogP contribution in [-0.2, 0) is 16.1 Å². The van der Waals surface area contributed by atoms with Crippen LogP contribution in [0.15, 0.2) is 42.7 Å². The van der Waals surface area contributed by atoms with Crippen molar-refractivity contribution in [2.75, 3.05) is 38.2 Å². The zero-order valence-corrected chi connectivity index (χ0v) is 16.1. The van der Waals surface area contributed by atoms with E-state index in [1.807, 2.05) is 30.3 Å². The van der Waals surface area contributed by atoms with Gasteiger partial charge in [0.25, 0.3) is 0 Å². The average molecular weight is 382 g/mol. The minimum atomic E-state index is -0.187. The molecule has 7 heteroatoms. The molecule has 1 atom stereocenters. The number of methoxy groups -OCH3 is 1. The maximum Gasteiger partial charge on any atom is 0.141 e. The summed E-state index contributed by atoms with van der Waals surface area (Å²) in [6, 6.07) is 11.9. The predicted molar refractivity (Wildman–Crippen MR) is 107 cm³/mol. The summed E-state index contributed by atoms with van der Waals surface area (Å²) in [4.78, 5) is 27.3. The number of ether oxygens (including phenoxy) is 1. The van der Waals surface area contributed by atoms with E-state index >= 15 is 0 Å². The summed E-state index contributed by atoms with van der Waals surface area (Å²) in [5.74, 6) is 0.973. The Morgan fingerprint density at radius 2 is 1.96 bits per heavy atom. The molecule has 4 rings (SSSR count). The lowest BCUT2D eigenvalue weighted by Crippen LogP contribution is -2.48. The minimum Gasteiger partial charge on any atom is -0.379 e. The van der Waals surface area contributed by atoms with Gasteiger partial charge in [-0.15, -0.1) is 11.3 Å². The molecular formula is C20H22N4O2S. The van der Waals surface area contributed by atoms with E-state index in [2.05, 4.69) is 25.8 Å². The maximum atomic E-state index is 11.7. The van der Waals surface area contributed by atoms with Gasteiger partial charge in [-0.1, -0.05) is 30.3 Å². The molecule has 1 fully saturated rings. The summed E-state index contributed by atoms with van der Waals surface area (Å²) >= 11 is 1.65. The second-order valence-corrected chi connectivity index (χ2v) is 7.69. The van der Waals surface area contributed by atoms with E-state index in [1.165, 1.54) is 0 Å². The largest absolute Gasteiger partial charge is 0.379 e. The molecule has 1 unspecified atom stereocenters. The third-order valence-electron chi connectivity index (χ3n) is 4.92. The molecule has 6 nitrogen and oxygen atoms in total. The highest BCUT2D eigenvalue weighted by molar-refractivity contribution is 7.18. The highest BCUT2D eigenvalue weighted by Gasteiger charge is 2.26. The quantitative estimate of drug-likeness (QED) is 0.611. The molecule has 3 aromatic rings. The molecular weight excluding hydrogens is 360 g/mol. The second-order valence-electron chi connectivity index (χ2n) is 6.58. The normalized spacial score (nSPS) is 16.6. The molecule has 27 heavy (non-hydrogen) atoms. The van der Waals surface area contributed by atoms with Crippen molar-refractivity contribution in [2.24, 2.45) is 0 Å². The Labute approximate surface area is 162 Å². The third kappa shape index (κ3) is 3.71. The molecule has 1 aromatic carbocycles. The van der Waals surface area contributed by atoms with Crippen molar-refractivity contribution >= 4 is 33.7 Å². The molecule has 0 saturated carbocycles. The number of carbonyl (C=O) groups excluding carboxylic acids is 1. The number of aldehydes is 1. The summed E-state index contributed by atoms with van der Waals surface area (Å²) < 4.78 is 5.25. The molecule has 140 valence electrons. The van der Waals surface area contributed by atoms with Crippen LogP contribution in [0.2, 0.25) is 0 Å². The molecule has 0 radical (unpaired) electrons. The Kier molecular flexibility index (Phi) is 5.42. The molecule has 0 spiro atoms. The van der Waals surface area contributed by atoms with Crippen LogP contribution in [0.1, 0.15) is 16.5 Å². The van der Waals surface area contributed by atoms with Gasteiger partial charge >= 0.3 is 0 Å². The van der Waals surface area contributed by atoms with Crippen LogP contribution in [0.5, 0.6) is 0 Å². The molecule has 0 bridgehead atoms. The number of benzene rings is 1. The highest BCUT2D eigenvalue weighted by atomic mass is 32.1. The smallest absolute Gasteiger partial charge is 0.141 e. The first-order chi connectivity index (χ1) is 13.3. The van der Waals surface area contributed by atoms with Crippen molar-refractivity contribution in [3.8, 4) is 0 Å². The fourth-order valence-corrected chi connectivity index (χ4v) is 4.56. The predicted octanol–water partition coefficient (Wildman–Crippen LogP) is 2.90. The van der Waals surface area contributed by atoms with Gasteiger partial charge in [-0.05, 0) is 11.6 Å². The molecule has 1 saturated heterocycles. The van der Waals surface area contributed by atoms with Crippen molar-refractivity contribution in [1.29, 1.82) is 0 Å². The number of piperazine rings is 1. The second kappa shape index (κ2) is 8.12. The van der Waals surface area contributed by atoms with Crippen molar-refractivity contribution in [3.05, 3.63) is 53.2 Å². The lowest BCUT2D eigenvalue weighted by molar-refractivity contribution is -0.112. The van der Waals surface area contributed by atoms with E-state index in [9.17, 15) is 4.79 Å². The lowest BCUT2D eigenvalue weighted by Gasteiger charge is -2.38. The van der Waals surface area contributed by atoms with Gasteiger partial charge in [0, 0.05) is 38.2 Å². The Morgan fingerprint density at radius 3 is 2.67 bits per heavy atom. The van der Waals surface area contributed by atoms with Gasteiger partial charge in [-0.3, -0.25) is 4.90 Å². The highest BCUT2D eigenvalue weighted by Crippen LogP contribution is 2.31. The monoisotopic (exact) mass is 382 g/mol. The van der Waals surface area contributed by atoms with E-state index in [0.29, 0.717) is 6.61 Å². The average Bonchev–Trinajstić information content (AvgIpc) is 3.13. The van der Waals surface area contributed by atoms with E-state index in [-0.39, 0.29) is 6.04 Å². The summed E-state index contributed by atoms with van der Waals surface area (Å²) in [5.41, 5.74) is 1.05. The van der Waals surface area contributed by atoms with Gasteiger partial charge in [0.1, 0.15) is 23.3 Å². The van der Waals surface area contributed by atoms with Gasteiger partial charge in [0.2, 0.25) is 0 Å². The molecule has 3 heterocycles. The summed E-state index contributed by atoms with van der Waals surface area (Å²) in [7, 11) is 1.70. The first kappa shape index (κ1) is 18.0. The van der Waals surface area contributed by atoms with E-state index < -0.39 is 0 Å². The van der Waals surface area contributed by atoms with Crippen LogP contribution in [0.3, 0.4) is 0 Å². The zero-order chi connectivity index (χ0) is 18.6. The Hall–Kier alpha value is -2.35. The first-order valence-electron chi connectivity index (χ1n) is 9.01. The number of nitrogens with zero attached hydrogens (tertiary/aromatic N) is 4. The molecule has 1 aliphatic heterocycles. The van der Waals surface area contributed by atoms with Crippen molar-refractivity contribution in [2.45, 2.75) is 12.6 Å². The van der Waals surface area contributed by atoms with Gasteiger partial charge in [-0.25, -0.2) is 9.97 Å². The van der Waals surface area contributed by atoms with Gasteiger partial charge < -0.3 is 14.4 Å². The third-order valence-corrected chi connectivity index (χ3v) is 5.94. The zero-order valence-electron chi connectivity index (χ0n) is 15.2. The minimum absolute atomic E-state index is 0.187. The molecule has 0 aliphatic carbocycles. The molecule has 0 N–H and O–H groups in total. The van der Waals surface area contributed by atoms with Crippen LogP contribution in [-0.4, -0.2) is 54.4 Å². The van der Waals surface area contributed by atoms with Crippen LogP contribution in [0.25, 0.3) is 10.2 Å². The summed E-state index contributed by atoms with van der Waals surface area (Å²) in [5, 5.41) is 1.08. The Morgan fingerprint density at radius 1 is 1.19 bits per heavy atom. The van der Waals surface area contributed by atoms with Crippen molar-refractivity contribution in [1.82, 2.24) is 14.9 Å². The SMILES string of the molecule is COCc1cc2c(N3CCN(C(C=O)c4ccccc4)CC3)ncnc2s1. The molecule has 1 aliphatic rings. The number of hydrogen-bond acceptors (Lipinski definition) is 7. The fraction of sp³-hybridized carbons (Fsp3) is 0.350. The van der Waals surface area contributed by atoms with E-state index in [4.69, 9.17) is 4.74 Å². The standard InChI is InChI=1S/C20H22N4O2S/c1-26-13-16-11-17-19(21-14-22-20(17)27-16)24-9-7-23(8-10-24)18(12-25)15-5-3-2-4-6-15/h2-6,11-12,14,18H,7-10,13H2,1H3. The van der Waals surface area contributed by atoms with Crippen LogP contribution in [0, 0.1) is 0 Å². The number of carbonyl (C=O) groups is 1. The summed E-state index contributed by atoms with van der Waals surface area (Å²) in [6.45, 7) is 3.89. The maximum absolute atomic E-state index is 11.7. The van der Waals surface area contributed by atoms with Crippen LogP contribution in [0.4, 0.5) is 5.82 Å². The Balaban J connectivity index is 1.51. The first-order valence-corrected chi connectivity index (χ1v) is 9.83. The van der Waals surface area contributed by atoms with Gasteiger partial charge in [0.05, 0.1) is 18.0 Å². The number of thiophene rings is 1. The van der Waals surface area contributed by atoms with E-state index in [1.54, 1.807) is 24.8 Å². The molecule has 2 aromatic heterocycles. The van der Waals surface area contributed by atoms with Crippen LogP contribution >= 0.6 is 11.3 Å². The van der Waals surface area contributed by atoms with E-state index in [0.717, 1.165) is 58.9 Å². The van der Waals surface area contributed by atoms with Gasteiger partial charge in [0.15, 0.2) is 0 Å². The molecule has 0 amide bonds. The number of hydrogen-bond donors (Lipinski definition) is 0. The van der Waals surface area contributed by atoms with Gasteiger partial charge in [-0.2, -0.15) is 0 Å². The summed E-state index contributed by atoms with van der Waals surface area (Å²) in [6.07, 6.45) is 2.68. The van der Waals surface area contributed by atoms with Crippen molar-refractivity contribution < 1.29 is 9.53 Å². The topological polar surface area (TPSA) is 58.6 Å². The number of anilines is 1.